The molecule has 2 aromatic rings. The lowest BCUT2D eigenvalue weighted by atomic mass is 9.86. The first kappa shape index (κ1) is 25.4. The first-order chi connectivity index (χ1) is 15.1. The molecule has 0 spiro atoms. The van der Waals surface area contributed by atoms with Crippen molar-refractivity contribution in [3.05, 3.63) is 65.7 Å². The second-order valence-corrected chi connectivity index (χ2v) is 9.44. The van der Waals surface area contributed by atoms with Crippen LogP contribution in [0.25, 0.3) is 0 Å². The van der Waals surface area contributed by atoms with Gasteiger partial charge in [0.05, 0.1) is 0 Å². The number of hydrogen-bond donors (Lipinski definition) is 1. The minimum atomic E-state index is -0.532. The number of hydrogen-bond acceptors (Lipinski definition) is 3. The maximum absolute atomic E-state index is 13.3. The quantitative estimate of drug-likeness (QED) is 0.583. The summed E-state index contributed by atoms with van der Waals surface area (Å²) in [5.41, 5.74) is 2.08. The van der Waals surface area contributed by atoms with Crippen LogP contribution in [0.3, 0.4) is 0 Å². The van der Waals surface area contributed by atoms with Crippen LogP contribution < -0.4 is 10.1 Å². The molecule has 2 rings (SSSR count). The van der Waals surface area contributed by atoms with Gasteiger partial charge >= 0.3 is 0 Å². The minimum absolute atomic E-state index is 0.0116. The molecule has 0 fully saturated rings. The van der Waals surface area contributed by atoms with Gasteiger partial charge in [-0.3, -0.25) is 9.59 Å². The highest BCUT2D eigenvalue weighted by molar-refractivity contribution is 5.88. The van der Waals surface area contributed by atoms with E-state index in [-0.39, 0.29) is 29.9 Å². The van der Waals surface area contributed by atoms with Crippen molar-refractivity contribution in [1.82, 2.24) is 10.2 Å². The molecule has 0 saturated carbocycles. The molecule has 0 radical (unpaired) electrons. The summed E-state index contributed by atoms with van der Waals surface area (Å²) >= 11 is 0. The van der Waals surface area contributed by atoms with Crippen LogP contribution in [0.4, 0.5) is 0 Å². The van der Waals surface area contributed by atoms with E-state index in [2.05, 4.69) is 26.1 Å². The summed E-state index contributed by atoms with van der Waals surface area (Å²) in [6.07, 6.45) is 1.22. The number of benzene rings is 2. The van der Waals surface area contributed by atoms with Crippen molar-refractivity contribution in [2.75, 3.05) is 13.2 Å². The molecule has 0 heterocycles. The number of rotatable bonds is 10. The van der Waals surface area contributed by atoms with Gasteiger partial charge in [0.2, 0.25) is 5.91 Å². The Hall–Kier alpha value is -2.82. The summed E-state index contributed by atoms with van der Waals surface area (Å²) in [6, 6.07) is 17.3. The predicted molar refractivity (Wildman–Crippen MR) is 130 cm³/mol. The molecular weight excluding hydrogens is 400 g/mol. The number of carbonyl (C=O) groups is 2. The summed E-state index contributed by atoms with van der Waals surface area (Å²) < 4.78 is 5.99. The van der Waals surface area contributed by atoms with Crippen LogP contribution >= 0.6 is 0 Å². The molecule has 2 amide bonds. The lowest BCUT2D eigenvalue weighted by Gasteiger charge is -2.31. The van der Waals surface area contributed by atoms with Gasteiger partial charge in [0, 0.05) is 12.6 Å². The summed E-state index contributed by atoms with van der Waals surface area (Å²) in [6.45, 7) is 12.5. The topological polar surface area (TPSA) is 58.6 Å². The Kier molecular flexibility index (Phi) is 9.30. The Morgan fingerprint density at radius 2 is 1.62 bits per heavy atom. The molecule has 1 N–H and O–H groups in total. The van der Waals surface area contributed by atoms with Crippen molar-refractivity contribution in [3.63, 3.8) is 0 Å². The number of para-hydroxylation sites is 1. The van der Waals surface area contributed by atoms with Crippen LogP contribution in [0.15, 0.2) is 54.6 Å². The number of carbonyl (C=O) groups excluding carboxylic acids is 2. The molecule has 0 aliphatic heterocycles. The molecule has 2 aromatic carbocycles. The van der Waals surface area contributed by atoms with Crippen LogP contribution in [0.2, 0.25) is 0 Å². The van der Waals surface area contributed by atoms with E-state index in [1.165, 1.54) is 0 Å². The molecular formula is C27H38N2O3. The molecule has 0 aliphatic rings. The van der Waals surface area contributed by atoms with Crippen molar-refractivity contribution in [3.8, 4) is 5.75 Å². The standard InChI is InChI=1S/C27H38N2O3/c1-7-23(26(31)28-20(2)3)29(18-17-21-13-9-8-10-14-21)25(30)19-32-24-16-12-11-15-22(24)27(4,5)6/h8-16,20,23H,7,17-19H2,1-6H3,(H,28,31). The van der Waals surface area contributed by atoms with Gasteiger partial charge in [-0.1, -0.05) is 76.2 Å². The SMILES string of the molecule is CCC(C(=O)NC(C)C)N(CCc1ccccc1)C(=O)COc1ccccc1C(C)(C)C. The monoisotopic (exact) mass is 438 g/mol. The second kappa shape index (κ2) is 11.7. The molecule has 5 heteroatoms. The summed E-state index contributed by atoms with van der Waals surface area (Å²) in [4.78, 5) is 27.8. The van der Waals surface area contributed by atoms with Crippen LogP contribution in [-0.4, -0.2) is 41.9 Å². The van der Waals surface area contributed by atoms with Crippen molar-refractivity contribution in [1.29, 1.82) is 0 Å². The molecule has 32 heavy (non-hydrogen) atoms. The normalized spacial score (nSPS) is 12.3. The van der Waals surface area contributed by atoms with E-state index < -0.39 is 6.04 Å². The number of nitrogens with one attached hydrogen (secondary N) is 1. The fraction of sp³-hybridized carbons (Fsp3) is 0.481. The summed E-state index contributed by atoms with van der Waals surface area (Å²) in [7, 11) is 0. The number of amides is 2. The van der Waals surface area contributed by atoms with E-state index in [9.17, 15) is 9.59 Å². The van der Waals surface area contributed by atoms with Crippen molar-refractivity contribution >= 4 is 11.8 Å². The molecule has 174 valence electrons. The first-order valence-electron chi connectivity index (χ1n) is 11.5. The third kappa shape index (κ3) is 7.40. The Bertz CT molecular complexity index is 872. The Labute approximate surface area is 193 Å². The average molecular weight is 439 g/mol. The van der Waals surface area contributed by atoms with Gasteiger partial charge in [-0.15, -0.1) is 0 Å². The van der Waals surface area contributed by atoms with Gasteiger partial charge in [0.25, 0.3) is 5.91 Å². The molecule has 5 nitrogen and oxygen atoms in total. The van der Waals surface area contributed by atoms with Crippen molar-refractivity contribution in [2.24, 2.45) is 0 Å². The smallest absolute Gasteiger partial charge is 0.261 e. The molecule has 0 aromatic heterocycles. The van der Waals surface area contributed by atoms with Crippen LogP contribution in [0.5, 0.6) is 5.75 Å². The lowest BCUT2D eigenvalue weighted by molar-refractivity contribution is -0.142. The van der Waals surface area contributed by atoms with Gasteiger partial charge in [-0.25, -0.2) is 0 Å². The Morgan fingerprint density at radius 3 is 2.22 bits per heavy atom. The maximum atomic E-state index is 13.3. The van der Waals surface area contributed by atoms with Gasteiger partial charge in [0.15, 0.2) is 6.61 Å². The second-order valence-electron chi connectivity index (χ2n) is 9.44. The highest BCUT2D eigenvalue weighted by atomic mass is 16.5. The van der Waals surface area contributed by atoms with Gasteiger partial charge in [-0.05, 0) is 49.3 Å². The number of nitrogens with zero attached hydrogens (tertiary/aromatic N) is 1. The zero-order valence-corrected chi connectivity index (χ0v) is 20.4. The Morgan fingerprint density at radius 1 is 1.00 bits per heavy atom. The van der Waals surface area contributed by atoms with E-state index in [1.54, 1.807) is 4.90 Å². The third-order valence-electron chi connectivity index (χ3n) is 5.35. The minimum Gasteiger partial charge on any atom is -0.483 e. The summed E-state index contributed by atoms with van der Waals surface area (Å²) in [5, 5.41) is 2.96. The molecule has 1 unspecified atom stereocenters. The third-order valence-corrected chi connectivity index (χ3v) is 5.35. The highest BCUT2D eigenvalue weighted by Gasteiger charge is 2.29. The summed E-state index contributed by atoms with van der Waals surface area (Å²) in [5.74, 6) is 0.394. The zero-order valence-electron chi connectivity index (χ0n) is 20.4. The van der Waals surface area contributed by atoms with Crippen LogP contribution in [0.1, 0.15) is 59.1 Å². The van der Waals surface area contributed by atoms with Crippen LogP contribution in [-0.2, 0) is 21.4 Å². The van der Waals surface area contributed by atoms with Crippen molar-refractivity contribution < 1.29 is 14.3 Å². The predicted octanol–water partition coefficient (Wildman–Crippen LogP) is 4.74. The van der Waals surface area contributed by atoms with Gasteiger partial charge in [0.1, 0.15) is 11.8 Å². The fourth-order valence-corrected chi connectivity index (χ4v) is 3.71. The molecule has 0 aliphatic carbocycles. The lowest BCUT2D eigenvalue weighted by Crippen LogP contribution is -2.52. The molecule has 1 atom stereocenters. The number of ether oxygens (including phenoxy) is 1. The zero-order chi connectivity index (χ0) is 23.7. The van der Waals surface area contributed by atoms with E-state index in [1.807, 2.05) is 75.4 Å². The Balaban J connectivity index is 2.20. The fourth-order valence-electron chi connectivity index (χ4n) is 3.71. The van der Waals surface area contributed by atoms with Crippen molar-refractivity contribution in [2.45, 2.75) is 71.9 Å². The van der Waals surface area contributed by atoms with Crippen LogP contribution in [0, 0.1) is 0 Å². The molecule has 0 bridgehead atoms. The van der Waals surface area contributed by atoms with Gasteiger partial charge in [-0.2, -0.15) is 0 Å². The van der Waals surface area contributed by atoms with E-state index >= 15 is 0 Å². The highest BCUT2D eigenvalue weighted by Crippen LogP contribution is 2.31. The van der Waals surface area contributed by atoms with E-state index in [0.29, 0.717) is 25.1 Å². The first-order valence-corrected chi connectivity index (χ1v) is 11.5. The van der Waals surface area contributed by atoms with E-state index in [0.717, 1.165) is 11.1 Å². The average Bonchev–Trinajstić information content (AvgIpc) is 2.74. The van der Waals surface area contributed by atoms with Gasteiger partial charge < -0.3 is 15.0 Å². The largest absolute Gasteiger partial charge is 0.483 e. The maximum Gasteiger partial charge on any atom is 0.261 e. The molecule has 0 saturated heterocycles. The van der Waals surface area contributed by atoms with E-state index in [4.69, 9.17) is 4.74 Å².